The van der Waals surface area contributed by atoms with Crippen molar-refractivity contribution in [3.63, 3.8) is 0 Å². The predicted octanol–water partition coefficient (Wildman–Crippen LogP) is 3.82. The number of carbonyl (C=O) groups excluding carboxylic acids is 1. The summed E-state index contributed by atoms with van der Waals surface area (Å²) >= 11 is 0. The Morgan fingerprint density at radius 3 is 2.52 bits per heavy atom. The fraction of sp³-hybridized carbons (Fsp3) is 0.150. The molecule has 1 amide bonds. The number of fused-ring (bicyclic) bond motifs is 1. The van der Waals surface area contributed by atoms with E-state index in [9.17, 15) is 4.79 Å². The number of nitrogens with one attached hydrogen (secondary N) is 1. The molecule has 0 heterocycles. The second-order valence-corrected chi connectivity index (χ2v) is 5.39. The zero-order chi connectivity index (χ0) is 16.1. The number of para-hydroxylation sites is 1. The number of amides is 1. The minimum atomic E-state index is -0.108. The zero-order valence-electron chi connectivity index (χ0n) is 13.1. The molecule has 3 rings (SSSR count). The largest absolute Gasteiger partial charge is 0.496 e. The van der Waals surface area contributed by atoms with Crippen molar-refractivity contribution in [2.24, 2.45) is 0 Å². The van der Waals surface area contributed by atoms with E-state index in [0.717, 1.165) is 6.42 Å². The highest BCUT2D eigenvalue weighted by atomic mass is 16.5. The standard InChI is InChI=1S/C20H19NO2/c1-23-19-9-5-4-8-18(19)20(22)21-13-12-15-10-11-16-6-2-3-7-17(16)14-15/h2-11,14H,12-13H2,1H3,(H,21,22). The van der Waals surface area contributed by atoms with E-state index in [1.54, 1.807) is 19.2 Å². The van der Waals surface area contributed by atoms with Crippen LogP contribution in [-0.2, 0) is 6.42 Å². The van der Waals surface area contributed by atoms with E-state index in [1.807, 2.05) is 24.3 Å². The van der Waals surface area contributed by atoms with Gasteiger partial charge in [0.15, 0.2) is 0 Å². The van der Waals surface area contributed by atoms with Crippen LogP contribution in [0.2, 0.25) is 0 Å². The van der Waals surface area contributed by atoms with Crippen molar-refractivity contribution in [2.45, 2.75) is 6.42 Å². The summed E-state index contributed by atoms with van der Waals surface area (Å²) in [4.78, 5) is 12.2. The molecular weight excluding hydrogens is 286 g/mol. The van der Waals surface area contributed by atoms with Crippen molar-refractivity contribution in [1.82, 2.24) is 5.32 Å². The lowest BCUT2D eigenvalue weighted by atomic mass is 10.1. The Hall–Kier alpha value is -2.81. The Labute approximate surface area is 135 Å². The van der Waals surface area contributed by atoms with Gasteiger partial charge in [0.2, 0.25) is 0 Å². The van der Waals surface area contributed by atoms with E-state index < -0.39 is 0 Å². The Bertz CT molecular complexity index is 826. The van der Waals surface area contributed by atoms with Gasteiger partial charge < -0.3 is 10.1 Å². The first-order valence-electron chi connectivity index (χ1n) is 7.67. The van der Waals surface area contributed by atoms with Crippen molar-refractivity contribution >= 4 is 16.7 Å². The van der Waals surface area contributed by atoms with Crippen molar-refractivity contribution in [1.29, 1.82) is 0 Å². The van der Waals surface area contributed by atoms with Crippen LogP contribution in [0.25, 0.3) is 10.8 Å². The van der Waals surface area contributed by atoms with Gasteiger partial charge in [-0.05, 0) is 34.9 Å². The van der Waals surface area contributed by atoms with Crippen molar-refractivity contribution in [3.05, 3.63) is 77.9 Å². The minimum absolute atomic E-state index is 0.108. The molecule has 3 heteroatoms. The maximum absolute atomic E-state index is 12.2. The summed E-state index contributed by atoms with van der Waals surface area (Å²) in [6.45, 7) is 0.592. The summed E-state index contributed by atoms with van der Waals surface area (Å²) < 4.78 is 5.22. The lowest BCUT2D eigenvalue weighted by Gasteiger charge is -2.09. The second kappa shape index (κ2) is 6.97. The molecule has 3 nitrogen and oxygen atoms in total. The molecule has 0 saturated heterocycles. The summed E-state index contributed by atoms with van der Waals surface area (Å²) in [6, 6.07) is 21.9. The van der Waals surface area contributed by atoms with Crippen LogP contribution in [0.1, 0.15) is 15.9 Å². The molecule has 0 aliphatic heterocycles. The van der Waals surface area contributed by atoms with E-state index in [4.69, 9.17) is 4.74 Å². The first-order chi connectivity index (χ1) is 11.3. The molecule has 3 aromatic carbocycles. The van der Waals surface area contributed by atoms with Crippen molar-refractivity contribution in [2.75, 3.05) is 13.7 Å². The van der Waals surface area contributed by atoms with Gasteiger partial charge in [-0.2, -0.15) is 0 Å². The molecule has 0 atom stereocenters. The maximum atomic E-state index is 12.2. The predicted molar refractivity (Wildman–Crippen MR) is 93.0 cm³/mol. The molecule has 0 saturated carbocycles. The summed E-state index contributed by atoms with van der Waals surface area (Å²) in [6.07, 6.45) is 0.797. The fourth-order valence-corrected chi connectivity index (χ4v) is 2.64. The lowest BCUT2D eigenvalue weighted by molar-refractivity contribution is 0.0951. The van der Waals surface area contributed by atoms with E-state index in [2.05, 4.69) is 35.6 Å². The van der Waals surface area contributed by atoms with Crippen molar-refractivity contribution < 1.29 is 9.53 Å². The van der Waals surface area contributed by atoms with Gasteiger partial charge in [-0.15, -0.1) is 0 Å². The molecular formula is C20H19NO2. The van der Waals surface area contributed by atoms with Gasteiger partial charge in [-0.3, -0.25) is 4.79 Å². The third-order valence-electron chi connectivity index (χ3n) is 3.86. The van der Waals surface area contributed by atoms with Crippen LogP contribution in [0.5, 0.6) is 5.75 Å². The van der Waals surface area contributed by atoms with Crippen molar-refractivity contribution in [3.8, 4) is 5.75 Å². The van der Waals surface area contributed by atoms with Gasteiger partial charge in [-0.25, -0.2) is 0 Å². The Morgan fingerprint density at radius 2 is 1.70 bits per heavy atom. The summed E-state index contributed by atoms with van der Waals surface area (Å²) in [7, 11) is 1.57. The molecule has 0 spiro atoms. The van der Waals surface area contributed by atoms with Gasteiger partial charge in [0.1, 0.15) is 5.75 Å². The zero-order valence-corrected chi connectivity index (χ0v) is 13.1. The third-order valence-corrected chi connectivity index (χ3v) is 3.86. The average Bonchev–Trinajstić information content (AvgIpc) is 2.61. The highest BCUT2D eigenvalue weighted by Gasteiger charge is 2.10. The van der Waals surface area contributed by atoms with Crippen LogP contribution in [0.4, 0.5) is 0 Å². The monoisotopic (exact) mass is 305 g/mol. The molecule has 3 aromatic rings. The number of hydrogen-bond acceptors (Lipinski definition) is 2. The highest BCUT2D eigenvalue weighted by Crippen LogP contribution is 2.17. The fourth-order valence-electron chi connectivity index (χ4n) is 2.64. The van der Waals surface area contributed by atoms with Crippen LogP contribution < -0.4 is 10.1 Å². The number of benzene rings is 3. The minimum Gasteiger partial charge on any atom is -0.496 e. The molecule has 0 fully saturated rings. The number of carbonyl (C=O) groups is 1. The number of ether oxygens (including phenoxy) is 1. The van der Waals surface area contributed by atoms with E-state index in [-0.39, 0.29) is 5.91 Å². The van der Waals surface area contributed by atoms with Crippen LogP contribution in [0.3, 0.4) is 0 Å². The first-order valence-corrected chi connectivity index (χ1v) is 7.67. The Balaban J connectivity index is 1.63. The third kappa shape index (κ3) is 3.51. The van der Waals surface area contributed by atoms with Crippen LogP contribution >= 0.6 is 0 Å². The lowest BCUT2D eigenvalue weighted by Crippen LogP contribution is -2.26. The topological polar surface area (TPSA) is 38.3 Å². The molecule has 0 bridgehead atoms. The SMILES string of the molecule is COc1ccccc1C(=O)NCCc1ccc2ccccc2c1. The average molecular weight is 305 g/mol. The van der Waals surface area contributed by atoms with Crippen LogP contribution in [-0.4, -0.2) is 19.6 Å². The quantitative estimate of drug-likeness (QED) is 0.778. The van der Waals surface area contributed by atoms with Gasteiger partial charge in [0.05, 0.1) is 12.7 Å². The normalized spacial score (nSPS) is 10.5. The molecule has 1 N–H and O–H groups in total. The summed E-state index contributed by atoms with van der Waals surface area (Å²) in [5, 5.41) is 5.41. The maximum Gasteiger partial charge on any atom is 0.255 e. The molecule has 0 radical (unpaired) electrons. The van der Waals surface area contributed by atoms with Crippen LogP contribution in [0.15, 0.2) is 66.7 Å². The Morgan fingerprint density at radius 1 is 0.957 bits per heavy atom. The molecule has 0 aliphatic rings. The molecule has 23 heavy (non-hydrogen) atoms. The van der Waals surface area contributed by atoms with Gasteiger partial charge in [0.25, 0.3) is 5.91 Å². The van der Waals surface area contributed by atoms with E-state index in [1.165, 1.54) is 16.3 Å². The van der Waals surface area contributed by atoms with Crippen LogP contribution in [0, 0.1) is 0 Å². The second-order valence-electron chi connectivity index (χ2n) is 5.39. The molecule has 0 unspecified atom stereocenters. The van der Waals surface area contributed by atoms with E-state index >= 15 is 0 Å². The summed E-state index contributed by atoms with van der Waals surface area (Å²) in [5.41, 5.74) is 1.78. The smallest absolute Gasteiger partial charge is 0.255 e. The number of hydrogen-bond donors (Lipinski definition) is 1. The summed E-state index contributed by atoms with van der Waals surface area (Å²) in [5.74, 6) is 0.485. The molecule has 0 aliphatic carbocycles. The van der Waals surface area contributed by atoms with Gasteiger partial charge in [-0.1, -0.05) is 54.6 Å². The number of rotatable bonds is 5. The van der Waals surface area contributed by atoms with Gasteiger partial charge >= 0.3 is 0 Å². The van der Waals surface area contributed by atoms with E-state index in [0.29, 0.717) is 17.9 Å². The number of methoxy groups -OCH3 is 1. The highest BCUT2D eigenvalue weighted by molar-refractivity contribution is 5.96. The molecule has 0 aromatic heterocycles. The molecule has 116 valence electrons. The first kappa shape index (κ1) is 15.1. The van der Waals surface area contributed by atoms with Gasteiger partial charge in [0, 0.05) is 6.54 Å². The Kier molecular flexibility index (Phi) is 4.57.